The summed E-state index contributed by atoms with van der Waals surface area (Å²) in [5.41, 5.74) is -1.19. The third-order valence-electron chi connectivity index (χ3n) is 6.97. The van der Waals surface area contributed by atoms with Gasteiger partial charge < -0.3 is 15.3 Å². The van der Waals surface area contributed by atoms with E-state index in [1.807, 2.05) is 6.92 Å². The molecule has 0 amide bonds. The zero-order chi connectivity index (χ0) is 18.3. The van der Waals surface area contributed by atoms with Gasteiger partial charge in [0, 0.05) is 0 Å². The smallest absolute Gasteiger partial charge is 0.309 e. The molecule has 136 valence electrons. The highest BCUT2D eigenvalue weighted by Crippen LogP contribution is 2.62. The number of aliphatic hydroxyl groups excluding tert-OH is 1. The number of hydrogen-bond donors (Lipinski definition) is 3. The summed E-state index contributed by atoms with van der Waals surface area (Å²) in [6, 6.07) is 0. The summed E-state index contributed by atoms with van der Waals surface area (Å²) in [5.74, 6) is -0.845. The van der Waals surface area contributed by atoms with E-state index in [0.29, 0.717) is 25.7 Å². The lowest BCUT2D eigenvalue weighted by atomic mass is 9.46. The van der Waals surface area contributed by atoms with Gasteiger partial charge in [0.1, 0.15) is 0 Å². The molecule has 0 saturated heterocycles. The Kier molecular flexibility index (Phi) is 5.04. The number of rotatable bonds is 5. The average Bonchev–Trinajstić information content (AvgIpc) is 2.49. The second kappa shape index (κ2) is 6.30. The first-order chi connectivity index (χ1) is 11.0. The van der Waals surface area contributed by atoms with Crippen molar-refractivity contribution in [2.75, 3.05) is 0 Å². The number of carboxylic acids is 1. The van der Waals surface area contributed by atoms with Gasteiger partial charge in [0.05, 0.1) is 17.1 Å². The molecule has 0 aliphatic heterocycles. The van der Waals surface area contributed by atoms with E-state index in [2.05, 4.69) is 20.1 Å². The third-order valence-corrected chi connectivity index (χ3v) is 6.97. The van der Waals surface area contributed by atoms with E-state index < -0.39 is 23.1 Å². The van der Waals surface area contributed by atoms with Gasteiger partial charge in [-0.2, -0.15) is 0 Å². The normalized spacial score (nSPS) is 42.0. The van der Waals surface area contributed by atoms with Gasteiger partial charge in [0.2, 0.25) is 0 Å². The molecular weight excluding hydrogens is 304 g/mol. The number of hydrogen-bond acceptors (Lipinski definition) is 3. The number of aliphatic hydroxyl groups is 2. The van der Waals surface area contributed by atoms with E-state index in [1.54, 1.807) is 6.92 Å². The fraction of sp³-hybridized carbons (Fsp3) is 0.750. The van der Waals surface area contributed by atoms with Gasteiger partial charge in [-0.3, -0.25) is 4.79 Å². The molecule has 6 atom stereocenters. The van der Waals surface area contributed by atoms with Crippen LogP contribution in [0.1, 0.15) is 59.3 Å². The molecular formula is C20H32O4. The molecule has 2 aliphatic carbocycles. The Morgan fingerprint density at radius 3 is 2.58 bits per heavy atom. The average molecular weight is 336 g/mol. The van der Waals surface area contributed by atoms with Crippen molar-refractivity contribution in [2.24, 2.45) is 22.7 Å². The minimum atomic E-state index is -0.959. The van der Waals surface area contributed by atoms with Crippen molar-refractivity contribution in [3.63, 3.8) is 0 Å². The minimum Gasteiger partial charge on any atom is -0.481 e. The van der Waals surface area contributed by atoms with Crippen LogP contribution in [0.4, 0.5) is 0 Å². The van der Waals surface area contributed by atoms with Gasteiger partial charge in [0.15, 0.2) is 0 Å². The maximum Gasteiger partial charge on any atom is 0.309 e. The lowest BCUT2D eigenvalue weighted by Gasteiger charge is -2.58. The molecule has 0 spiro atoms. The Morgan fingerprint density at radius 1 is 1.42 bits per heavy atom. The van der Waals surface area contributed by atoms with Crippen LogP contribution in [0, 0.1) is 22.7 Å². The van der Waals surface area contributed by atoms with Crippen molar-refractivity contribution in [1.82, 2.24) is 0 Å². The molecule has 24 heavy (non-hydrogen) atoms. The molecule has 3 N–H and O–H groups in total. The summed E-state index contributed by atoms with van der Waals surface area (Å²) >= 11 is 0. The van der Waals surface area contributed by atoms with E-state index in [-0.39, 0.29) is 17.3 Å². The van der Waals surface area contributed by atoms with Crippen molar-refractivity contribution in [3.8, 4) is 0 Å². The fourth-order valence-corrected chi connectivity index (χ4v) is 5.20. The van der Waals surface area contributed by atoms with E-state index >= 15 is 0 Å². The molecule has 4 nitrogen and oxygen atoms in total. The first kappa shape index (κ1) is 19.2. The van der Waals surface area contributed by atoms with Crippen LogP contribution in [-0.4, -0.2) is 33.0 Å². The van der Waals surface area contributed by atoms with Crippen LogP contribution in [0.3, 0.4) is 0 Å². The summed E-state index contributed by atoms with van der Waals surface area (Å²) in [6.45, 7) is 13.5. The van der Waals surface area contributed by atoms with E-state index in [4.69, 9.17) is 0 Å². The summed E-state index contributed by atoms with van der Waals surface area (Å²) in [4.78, 5) is 12.0. The maximum absolute atomic E-state index is 12.0. The second-order valence-corrected chi connectivity index (χ2v) is 8.61. The van der Waals surface area contributed by atoms with Crippen LogP contribution < -0.4 is 0 Å². The second-order valence-electron chi connectivity index (χ2n) is 8.61. The summed E-state index contributed by atoms with van der Waals surface area (Å²) in [5, 5.41) is 30.6. The predicted molar refractivity (Wildman–Crippen MR) is 94.5 cm³/mol. The van der Waals surface area contributed by atoms with Gasteiger partial charge in [-0.15, -0.1) is 6.58 Å². The van der Waals surface area contributed by atoms with Crippen LogP contribution in [0.25, 0.3) is 0 Å². The van der Waals surface area contributed by atoms with E-state index in [9.17, 15) is 20.1 Å². The number of carbonyl (C=O) groups is 1. The molecule has 0 radical (unpaired) electrons. The van der Waals surface area contributed by atoms with Crippen molar-refractivity contribution < 1.29 is 20.1 Å². The highest BCUT2D eigenvalue weighted by Gasteiger charge is 2.59. The highest BCUT2D eigenvalue weighted by atomic mass is 16.4. The molecule has 2 fully saturated rings. The van der Waals surface area contributed by atoms with Gasteiger partial charge >= 0.3 is 5.97 Å². The van der Waals surface area contributed by atoms with Crippen LogP contribution in [0.15, 0.2) is 24.8 Å². The third kappa shape index (κ3) is 3.06. The Bertz CT molecular complexity index is 538. The van der Waals surface area contributed by atoms with Crippen molar-refractivity contribution in [3.05, 3.63) is 24.8 Å². The number of carboxylic acid groups (broad SMARTS) is 1. The monoisotopic (exact) mass is 336 g/mol. The van der Waals surface area contributed by atoms with Crippen LogP contribution >= 0.6 is 0 Å². The fourth-order valence-electron chi connectivity index (χ4n) is 5.20. The minimum absolute atomic E-state index is 0.0108. The Morgan fingerprint density at radius 2 is 2.04 bits per heavy atom. The van der Waals surface area contributed by atoms with Crippen LogP contribution in [0.2, 0.25) is 0 Å². The van der Waals surface area contributed by atoms with Crippen LogP contribution in [-0.2, 0) is 4.79 Å². The molecule has 0 heterocycles. The number of fused-ring (bicyclic) bond motifs is 1. The van der Waals surface area contributed by atoms with Crippen LogP contribution in [0.5, 0.6) is 0 Å². The molecule has 2 aliphatic rings. The Labute approximate surface area is 145 Å². The summed E-state index contributed by atoms with van der Waals surface area (Å²) in [6.07, 6.45) is 5.00. The summed E-state index contributed by atoms with van der Waals surface area (Å²) in [7, 11) is 0. The Hall–Kier alpha value is -1.13. The number of aliphatic carboxylic acids is 1. The lowest BCUT2D eigenvalue weighted by molar-refractivity contribution is -0.167. The SMILES string of the molecule is C=C[C@@](C)(O)CCC1C(=C)C(O)CC2[C@]1(C)CCC[C@]2(C)C(=O)O. The largest absolute Gasteiger partial charge is 0.481 e. The zero-order valence-corrected chi connectivity index (χ0v) is 15.2. The Balaban J connectivity index is 2.36. The lowest BCUT2D eigenvalue weighted by Crippen LogP contribution is -2.56. The van der Waals surface area contributed by atoms with Crippen molar-refractivity contribution in [1.29, 1.82) is 0 Å². The summed E-state index contributed by atoms with van der Waals surface area (Å²) < 4.78 is 0. The van der Waals surface area contributed by atoms with Gasteiger partial charge in [0.25, 0.3) is 0 Å². The van der Waals surface area contributed by atoms with Gasteiger partial charge in [-0.25, -0.2) is 0 Å². The molecule has 0 bridgehead atoms. The van der Waals surface area contributed by atoms with E-state index in [0.717, 1.165) is 18.4 Å². The molecule has 0 aromatic rings. The standard InChI is InChI=1S/C20H32O4/c1-6-18(3,24)11-8-14-13(2)15(21)12-16-19(14,4)9-7-10-20(16,5)17(22)23/h6,14-16,21,24H,1-2,7-12H2,3-5H3,(H,22,23)/t14?,15?,16?,18-,19-,20+/m1/s1. The van der Waals surface area contributed by atoms with Gasteiger partial charge in [-0.05, 0) is 68.8 Å². The molecule has 2 saturated carbocycles. The van der Waals surface area contributed by atoms with Crippen molar-refractivity contribution >= 4 is 5.97 Å². The quantitative estimate of drug-likeness (QED) is 0.671. The topological polar surface area (TPSA) is 77.8 Å². The highest BCUT2D eigenvalue weighted by molar-refractivity contribution is 5.75. The van der Waals surface area contributed by atoms with E-state index in [1.165, 1.54) is 6.08 Å². The molecule has 2 rings (SSSR count). The van der Waals surface area contributed by atoms with Gasteiger partial charge in [-0.1, -0.05) is 26.0 Å². The first-order valence-electron chi connectivity index (χ1n) is 8.94. The molecule has 0 aromatic heterocycles. The molecule has 0 aromatic carbocycles. The molecule has 4 heteroatoms. The first-order valence-corrected chi connectivity index (χ1v) is 8.94. The predicted octanol–water partition coefficient (Wildman–Crippen LogP) is 3.54. The van der Waals surface area contributed by atoms with Crippen molar-refractivity contribution in [2.45, 2.75) is 71.0 Å². The zero-order valence-electron chi connectivity index (χ0n) is 15.2. The molecule has 3 unspecified atom stereocenters. The maximum atomic E-state index is 12.0.